The molecule has 1 rings (SSSR count). The standard InChI is InChI=1S/C15H23NO3S/c1-4-12(5-2)11-16-15(17)13-9-7-8-10-14(13)20(18,19)6-3/h7-10,12H,4-6,11H2,1-3H3,(H,16,17). The molecule has 0 unspecified atom stereocenters. The lowest BCUT2D eigenvalue weighted by Gasteiger charge is -2.14. The molecule has 0 aliphatic rings. The first-order chi connectivity index (χ1) is 9.46. The summed E-state index contributed by atoms with van der Waals surface area (Å²) in [6, 6.07) is 6.37. The van der Waals surface area contributed by atoms with Crippen LogP contribution < -0.4 is 5.32 Å². The highest BCUT2D eigenvalue weighted by Gasteiger charge is 2.20. The van der Waals surface area contributed by atoms with Crippen LogP contribution in [0.15, 0.2) is 29.2 Å². The molecule has 0 heterocycles. The quantitative estimate of drug-likeness (QED) is 0.841. The molecule has 112 valence electrons. The Kier molecular flexibility index (Phi) is 6.20. The number of benzene rings is 1. The first-order valence-corrected chi connectivity index (χ1v) is 8.71. The molecule has 0 aliphatic carbocycles. The Bertz CT molecular complexity index is 548. The summed E-state index contributed by atoms with van der Waals surface area (Å²) in [5.74, 6) is 0.0996. The van der Waals surface area contributed by atoms with E-state index in [4.69, 9.17) is 0 Å². The van der Waals surface area contributed by atoms with Gasteiger partial charge in [0, 0.05) is 6.54 Å². The van der Waals surface area contributed by atoms with Gasteiger partial charge in [-0.2, -0.15) is 0 Å². The maximum Gasteiger partial charge on any atom is 0.252 e. The molecular weight excluding hydrogens is 274 g/mol. The minimum absolute atomic E-state index is 0.0101. The van der Waals surface area contributed by atoms with E-state index in [1.54, 1.807) is 25.1 Å². The maximum atomic E-state index is 12.2. The summed E-state index contributed by atoms with van der Waals surface area (Å²) in [7, 11) is -3.38. The third-order valence-electron chi connectivity index (χ3n) is 3.55. The molecule has 1 aromatic carbocycles. The lowest BCUT2D eigenvalue weighted by Crippen LogP contribution is -2.30. The van der Waals surface area contributed by atoms with Crippen LogP contribution in [0, 0.1) is 5.92 Å². The van der Waals surface area contributed by atoms with Crippen molar-refractivity contribution in [2.24, 2.45) is 5.92 Å². The van der Waals surface area contributed by atoms with E-state index in [0.717, 1.165) is 12.8 Å². The van der Waals surface area contributed by atoms with Gasteiger partial charge >= 0.3 is 0 Å². The van der Waals surface area contributed by atoms with Crippen LogP contribution in [0.3, 0.4) is 0 Å². The fourth-order valence-electron chi connectivity index (χ4n) is 1.99. The molecular formula is C15H23NO3S. The van der Waals surface area contributed by atoms with E-state index in [0.29, 0.717) is 12.5 Å². The first-order valence-electron chi connectivity index (χ1n) is 7.06. The molecule has 0 spiro atoms. The summed E-state index contributed by atoms with van der Waals surface area (Å²) < 4.78 is 24.0. The van der Waals surface area contributed by atoms with Gasteiger partial charge in [-0.25, -0.2) is 8.42 Å². The number of rotatable bonds is 7. The van der Waals surface area contributed by atoms with E-state index in [1.807, 2.05) is 0 Å². The first kappa shape index (κ1) is 16.7. The van der Waals surface area contributed by atoms with Crippen molar-refractivity contribution in [3.8, 4) is 0 Å². The van der Waals surface area contributed by atoms with Gasteiger partial charge in [0.2, 0.25) is 0 Å². The molecule has 0 saturated heterocycles. The maximum absolute atomic E-state index is 12.2. The van der Waals surface area contributed by atoms with Crippen molar-refractivity contribution in [3.05, 3.63) is 29.8 Å². The minimum atomic E-state index is -3.38. The number of hydrogen-bond donors (Lipinski definition) is 1. The lowest BCUT2D eigenvalue weighted by atomic mass is 10.0. The molecule has 0 fully saturated rings. The SMILES string of the molecule is CCC(CC)CNC(=O)c1ccccc1S(=O)(=O)CC. The fourth-order valence-corrected chi connectivity index (χ4v) is 3.08. The molecule has 1 amide bonds. The van der Waals surface area contributed by atoms with Gasteiger partial charge in [-0.15, -0.1) is 0 Å². The van der Waals surface area contributed by atoms with Gasteiger partial charge in [0.1, 0.15) is 0 Å². The number of hydrogen-bond acceptors (Lipinski definition) is 3. The van der Waals surface area contributed by atoms with Crippen LogP contribution in [-0.2, 0) is 9.84 Å². The summed E-state index contributed by atoms with van der Waals surface area (Å²) in [6.07, 6.45) is 1.98. The van der Waals surface area contributed by atoms with E-state index >= 15 is 0 Å². The smallest absolute Gasteiger partial charge is 0.252 e. The Labute approximate surface area is 121 Å². The number of carbonyl (C=O) groups is 1. The van der Waals surface area contributed by atoms with Crippen LogP contribution >= 0.6 is 0 Å². The molecule has 0 aromatic heterocycles. The summed E-state index contributed by atoms with van der Waals surface area (Å²) in [5.41, 5.74) is 0.236. The van der Waals surface area contributed by atoms with Crippen molar-refractivity contribution in [2.45, 2.75) is 38.5 Å². The Morgan fingerprint density at radius 1 is 1.15 bits per heavy atom. The zero-order chi connectivity index (χ0) is 15.2. The van der Waals surface area contributed by atoms with E-state index < -0.39 is 9.84 Å². The summed E-state index contributed by atoms with van der Waals surface area (Å²) in [4.78, 5) is 12.3. The fraction of sp³-hybridized carbons (Fsp3) is 0.533. The molecule has 0 saturated carbocycles. The van der Waals surface area contributed by atoms with E-state index in [1.165, 1.54) is 6.07 Å². The van der Waals surface area contributed by atoms with E-state index in [9.17, 15) is 13.2 Å². The Balaban J connectivity index is 2.94. The summed E-state index contributed by atoms with van der Waals surface area (Å²) in [6.45, 7) is 6.31. The van der Waals surface area contributed by atoms with Crippen LogP contribution in [-0.4, -0.2) is 26.6 Å². The monoisotopic (exact) mass is 297 g/mol. The second-order valence-corrected chi connectivity index (χ2v) is 7.04. The molecule has 5 heteroatoms. The third-order valence-corrected chi connectivity index (χ3v) is 5.34. The van der Waals surface area contributed by atoms with Crippen molar-refractivity contribution in [3.63, 3.8) is 0 Å². The molecule has 1 aromatic rings. The molecule has 1 N–H and O–H groups in total. The van der Waals surface area contributed by atoms with Gasteiger partial charge in [-0.3, -0.25) is 4.79 Å². The van der Waals surface area contributed by atoms with Crippen molar-refractivity contribution >= 4 is 15.7 Å². The third kappa shape index (κ3) is 4.07. The van der Waals surface area contributed by atoms with Crippen LogP contribution in [0.2, 0.25) is 0 Å². The topological polar surface area (TPSA) is 63.2 Å². The lowest BCUT2D eigenvalue weighted by molar-refractivity contribution is 0.0943. The van der Waals surface area contributed by atoms with Gasteiger partial charge in [0.15, 0.2) is 9.84 Å². The number of nitrogens with one attached hydrogen (secondary N) is 1. The summed E-state index contributed by atoms with van der Waals surface area (Å²) in [5, 5.41) is 2.83. The van der Waals surface area contributed by atoms with Crippen LogP contribution in [0.1, 0.15) is 44.0 Å². The highest BCUT2D eigenvalue weighted by atomic mass is 32.2. The van der Waals surface area contributed by atoms with Crippen molar-refractivity contribution in [1.29, 1.82) is 0 Å². The number of carbonyl (C=O) groups excluding carboxylic acids is 1. The Morgan fingerprint density at radius 3 is 2.30 bits per heavy atom. The Morgan fingerprint density at radius 2 is 1.75 bits per heavy atom. The van der Waals surface area contributed by atoms with Gasteiger partial charge in [0.05, 0.1) is 16.2 Å². The van der Waals surface area contributed by atoms with E-state index in [2.05, 4.69) is 19.2 Å². The molecule has 0 aliphatic heterocycles. The average molecular weight is 297 g/mol. The highest BCUT2D eigenvalue weighted by Crippen LogP contribution is 2.17. The number of sulfone groups is 1. The van der Waals surface area contributed by atoms with Crippen LogP contribution in [0.4, 0.5) is 0 Å². The van der Waals surface area contributed by atoms with E-state index in [-0.39, 0.29) is 22.1 Å². The summed E-state index contributed by atoms with van der Waals surface area (Å²) >= 11 is 0. The van der Waals surface area contributed by atoms with Gasteiger partial charge in [0.25, 0.3) is 5.91 Å². The largest absolute Gasteiger partial charge is 0.352 e. The van der Waals surface area contributed by atoms with Crippen LogP contribution in [0.25, 0.3) is 0 Å². The second-order valence-electron chi connectivity index (χ2n) is 4.79. The molecule has 20 heavy (non-hydrogen) atoms. The van der Waals surface area contributed by atoms with Crippen molar-refractivity contribution in [2.75, 3.05) is 12.3 Å². The van der Waals surface area contributed by atoms with Crippen LogP contribution in [0.5, 0.6) is 0 Å². The zero-order valence-corrected chi connectivity index (χ0v) is 13.2. The molecule has 0 bridgehead atoms. The predicted octanol–water partition coefficient (Wildman–Crippen LogP) is 2.65. The van der Waals surface area contributed by atoms with Gasteiger partial charge < -0.3 is 5.32 Å². The molecule has 0 radical (unpaired) electrons. The van der Waals surface area contributed by atoms with Gasteiger partial charge in [-0.1, -0.05) is 45.7 Å². The molecule has 4 nitrogen and oxygen atoms in total. The minimum Gasteiger partial charge on any atom is -0.352 e. The van der Waals surface area contributed by atoms with Gasteiger partial charge in [-0.05, 0) is 18.1 Å². The Hall–Kier alpha value is -1.36. The van der Waals surface area contributed by atoms with Crippen molar-refractivity contribution < 1.29 is 13.2 Å². The highest BCUT2D eigenvalue weighted by molar-refractivity contribution is 7.91. The number of amides is 1. The second kappa shape index (κ2) is 7.43. The normalized spacial score (nSPS) is 11.6. The van der Waals surface area contributed by atoms with Crippen molar-refractivity contribution in [1.82, 2.24) is 5.32 Å². The molecule has 0 atom stereocenters. The zero-order valence-electron chi connectivity index (χ0n) is 12.3. The predicted molar refractivity (Wildman–Crippen MR) is 80.6 cm³/mol. The average Bonchev–Trinajstić information content (AvgIpc) is 2.48.